The quantitative estimate of drug-likeness (QED) is 0.570. The van der Waals surface area contributed by atoms with Crippen LogP contribution in [0.25, 0.3) is 0 Å². The summed E-state index contributed by atoms with van der Waals surface area (Å²) in [5, 5.41) is 11.4. The van der Waals surface area contributed by atoms with Gasteiger partial charge in [0.2, 0.25) is 0 Å². The molecule has 0 aliphatic carbocycles. The number of hydrogen-bond acceptors (Lipinski definition) is 3. The Morgan fingerprint density at radius 3 is 2.52 bits per heavy atom. The van der Waals surface area contributed by atoms with Gasteiger partial charge in [-0.1, -0.05) is 70.5 Å². The highest BCUT2D eigenvalue weighted by Crippen LogP contribution is 2.43. The Kier molecular flexibility index (Phi) is 5.11. The second-order valence-electron chi connectivity index (χ2n) is 7.31. The number of hydrogen-bond donors (Lipinski definition) is 1. The first-order chi connectivity index (χ1) is 13.9. The Morgan fingerprint density at radius 2 is 1.76 bits per heavy atom. The lowest BCUT2D eigenvalue weighted by Gasteiger charge is -2.23. The smallest absolute Gasteiger partial charge is 0.264 e. The third-order valence-electron chi connectivity index (χ3n) is 5.39. The Morgan fingerprint density at radius 1 is 1.03 bits per heavy atom. The first-order valence-electron chi connectivity index (χ1n) is 9.37. The molecule has 3 aromatic carbocycles. The first kappa shape index (κ1) is 19.6. The summed E-state index contributed by atoms with van der Waals surface area (Å²) in [6.45, 7) is 2.33. The molecule has 1 N–H and O–H groups in total. The van der Waals surface area contributed by atoms with Crippen molar-refractivity contribution >= 4 is 33.3 Å². The maximum absolute atomic E-state index is 13.3. The predicted octanol–water partition coefficient (Wildman–Crippen LogP) is 4.76. The summed E-state index contributed by atoms with van der Waals surface area (Å²) in [6.07, 6.45) is -0.302. The number of para-hydroxylation sites is 1. The van der Waals surface area contributed by atoms with E-state index in [0.29, 0.717) is 23.4 Å². The zero-order chi connectivity index (χ0) is 20.6. The van der Waals surface area contributed by atoms with Crippen LogP contribution in [-0.4, -0.2) is 16.8 Å². The fraction of sp³-hybridized carbons (Fsp3) is 0.167. The largest absolute Gasteiger partial charge is 0.375 e. The van der Waals surface area contributed by atoms with Gasteiger partial charge in [0.15, 0.2) is 11.4 Å². The van der Waals surface area contributed by atoms with Gasteiger partial charge in [-0.2, -0.15) is 0 Å². The Hall–Kier alpha value is -2.76. The van der Waals surface area contributed by atoms with Crippen molar-refractivity contribution in [1.82, 2.24) is 0 Å². The van der Waals surface area contributed by atoms with Gasteiger partial charge in [-0.25, -0.2) is 0 Å². The van der Waals surface area contributed by atoms with Crippen LogP contribution in [0.2, 0.25) is 0 Å². The van der Waals surface area contributed by atoms with Crippen molar-refractivity contribution in [2.75, 3.05) is 4.90 Å². The fourth-order valence-electron chi connectivity index (χ4n) is 3.79. The average Bonchev–Trinajstić information content (AvgIpc) is 2.92. The monoisotopic (exact) mass is 449 g/mol. The maximum Gasteiger partial charge on any atom is 0.264 e. The molecule has 0 aromatic heterocycles. The van der Waals surface area contributed by atoms with E-state index >= 15 is 0 Å². The standard InChI is InChI=1S/C24H20BrNO3/c1-16-7-2-3-8-18(16)15-26-21-12-5-4-11-20(21)24(29,23(26)28)14-22(27)17-9-6-10-19(25)13-17/h2-13,29H,14-15H2,1H3/t24-/m1/s1. The average molecular weight is 450 g/mol. The Labute approximate surface area is 177 Å². The van der Waals surface area contributed by atoms with Gasteiger partial charge >= 0.3 is 0 Å². The Bertz CT molecular complexity index is 1110. The SMILES string of the molecule is Cc1ccccc1CN1C(=O)[C@@](O)(CC(=O)c2cccc(Br)c2)c2ccccc21. The molecule has 1 heterocycles. The third-order valence-corrected chi connectivity index (χ3v) is 5.89. The van der Waals surface area contributed by atoms with Crippen LogP contribution in [0.15, 0.2) is 77.3 Å². The normalized spacial score (nSPS) is 18.0. The number of amides is 1. The van der Waals surface area contributed by atoms with Gasteiger partial charge in [0.25, 0.3) is 5.91 Å². The van der Waals surface area contributed by atoms with E-state index < -0.39 is 11.5 Å². The molecule has 1 amide bonds. The molecule has 0 spiro atoms. The lowest BCUT2D eigenvalue weighted by Crippen LogP contribution is -2.41. The number of nitrogens with zero attached hydrogens (tertiary/aromatic N) is 1. The molecule has 0 radical (unpaired) electrons. The zero-order valence-corrected chi connectivity index (χ0v) is 17.5. The van der Waals surface area contributed by atoms with Crippen molar-refractivity contribution < 1.29 is 14.7 Å². The van der Waals surface area contributed by atoms with E-state index in [9.17, 15) is 14.7 Å². The topological polar surface area (TPSA) is 57.6 Å². The minimum atomic E-state index is -1.88. The lowest BCUT2D eigenvalue weighted by atomic mass is 9.88. The van der Waals surface area contributed by atoms with Crippen LogP contribution < -0.4 is 4.90 Å². The zero-order valence-electron chi connectivity index (χ0n) is 15.9. The minimum Gasteiger partial charge on any atom is -0.375 e. The fourth-order valence-corrected chi connectivity index (χ4v) is 4.19. The summed E-state index contributed by atoms with van der Waals surface area (Å²) in [5.74, 6) is -0.750. The molecule has 0 fully saturated rings. The number of halogens is 1. The number of benzene rings is 3. The molecule has 1 aliphatic heterocycles. The number of aliphatic hydroxyl groups is 1. The van der Waals surface area contributed by atoms with Crippen LogP contribution in [0.3, 0.4) is 0 Å². The first-order valence-corrected chi connectivity index (χ1v) is 10.2. The number of rotatable bonds is 5. The van der Waals surface area contributed by atoms with Crippen molar-refractivity contribution in [3.63, 3.8) is 0 Å². The van der Waals surface area contributed by atoms with Gasteiger partial charge in [0.05, 0.1) is 18.7 Å². The molecule has 4 nitrogen and oxygen atoms in total. The van der Waals surface area contributed by atoms with Crippen molar-refractivity contribution in [2.45, 2.75) is 25.5 Å². The van der Waals surface area contributed by atoms with E-state index in [2.05, 4.69) is 15.9 Å². The molecule has 0 saturated heterocycles. The summed E-state index contributed by atoms with van der Waals surface area (Å²) in [5.41, 5.74) is 1.76. The van der Waals surface area contributed by atoms with Crippen LogP contribution >= 0.6 is 15.9 Å². The molecule has 1 atom stereocenters. The van der Waals surface area contributed by atoms with Crippen LogP contribution in [-0.2, 0) is 16.9 Å². The number of Topliss-reactive ketones (excluding diaryl/α,β-unsaturated/α-hetero) is 1. The van der Waals surface area contributed by atoms with Crippen molar-refractivity contribution in [3.05, 3.63) is 99.5 Å². The van der Waals surface area contributed by atoms with Crippen molar-refractivity contribution in [2.24, 2.45) is 0 Å². The number of aryl methyl sites for hydroxylation is 1. The maximum atomic E-state index is 13.3. The van der Waals surface area contributed by atoms with Crippen LogP contribution in [0.4, 0.5) is 5.69 Å². The van der Waals surface area contributed by atoms with Gasteiger partial charge in [0.1, 0.15) is 0 Å². The van der Waals surface area contributed by atoms with Gasteiger partial charge in [-0.15, -0.1) is 0 Å². The van der Waals surface area contributed by atoms with E-state index in [1.807, 2.05) is 49.4 Å². The molecule has 0 saturated carbocycles. The second kappa shape index (κ2) is 7.58. The highest BCUT2D eigenvalue weighted by molar-refractivity contribution is 9.10. The molecule has 5 heteroatoms. The molecule has 4 rings (SSSR count). The number of carbonyl (C=O) groups excluding carboxylic acids is 2. The summed E-state index contributed by atoms with van der Waals surface area (Å²) < 4.78 is 0.773. The lowest BCUT2D eigenvalue weighted by molar-refractivity contribution is -0.136. The van der Waals surface area contributed by atoms with Crippen molar-refractivity contribution in [1.29, 1.82) is 0 Å². The van der Waals surface area contributed by atoms with Gasteiger partial charge in [0, 0.05) is 15.6 Å². The van der Waals surface area contributed by atoms with Crippen molar-refractivity contribution in [3.8, 4) is 0 Å². The molecular weight excluding hydrogens is 430 g/mol. The number of anilines is 1. The number of carbonyl (C=O) groups is 2. The summed E-state index contributed by atoms with van der Waals surface area (Å²) in [7, 11) is 0. The van der Waals surface area contributed by atoms with Crippen LogP contribution in [0, 0.1) is 6.92 Å². The van der Waals surface area contributed by atoms with Gasteiger partial charge in [-0.3, -0.25) is 9.59 Å². The summed E-state index contributed by atoms with van der Waals surface area (Å²) in [6, 6.07) is 21.9. The Balaban J connectivity index is 1.70. The van der Waals surface area contributed by atoms with Crippen LogP contribution in [0.1, 0.15) is 33.5 Å². The summed E-state index contributed by atoms with van der Waals surface area (Å²) in [4.78, 5) is 27.8. The molecule has 0 unspecified atom stereocenters. The van der Waals surface area contributed by atoms with E-state index in [1.54, 1.807) is 35.2 Å². The highest BCUT2D eigenvalue weighted by atomic mass is 79.9. The van der Waals surface area contributed by atoms with E-state index in [0.717, 1.165) is 15.6 Å². The molecule has 3 aromatic rings. The molecule has 1 aliphatic rings. The minimum absolute atomic E-state index is 0.283. The predicted molar refractivity (Wildman–Crippen MR) is 116 cm³/mol. The highest BCUT2D eigenvalue weighted by Gasteiger charge is 2.50. The number of ketones is 1. The molecule has 29 heavy (non-hydrogen) atoms. The van der Waals surface area contributed by atoms with E-state index in [4.69, 9.17) is 0 Å². The van der Waals surface area contributed by atoms with Crippen LogP contribution in [0.5, 0.6) is 0 Å². The molecule has 146 valence electrons. The number of fused-ring (bicyclic) bond motifs is 1. The molecular formula is C24H20BrNO3. The van der Waals surface area contributed by atoms with Gasteiger partial charge in [-0.05, 0) is 36.2 Å². The summed E-state index contributed by atoms with van der Waals surface area (Å²) >= 11 is 3.36. The van der Waals surface area contributed by atoms with E-state index in [-0.39, 0.29) is 12.2 Å². The third kappa shape index (κ3) is 3.52. The molecule has 0 bridgehead atoms. The van der Waals surface area contributed by atoms with Gasteiger partial charge < -0.3 is 10.0 Å². The second-order valence-corrected chi connectivity index (χ2v) is 8.22. The van der Waals surface area contributed by atoms with E-state index in [1.165, 1.54) is 0 Å².